The van der Waals surface area contributed by atoms with Gasteiger partial charge in [-0.25, -0.2) is 8.78 Å². The van der Waals surface area contributed by atoms with Crippen LogP contribution in [0.3, 0.4) is 0 Å². The first-order valence-corrected chi connectivity index (χ1v) is 6.43. The SMILES string of the molecule is Fc1cc(Cl)cc(F)c1C(F)(F)Oc1ccc(OC(F)(F)F)cc1. The third-order valence-corrected chi connectivity index (χ3v) is 2.82. The summed E-state index contributed by atoms with van der Waals surface area (Å²) in [5, 5.41) is -0.432. The van der Waals surface area contributed by atoms with Crippen molar-refractivity contribution in [3.63, 3.8) is 0 Å². The summed E-state index contributed by atoms with van der Waals surface area (Å²) in [6.45, 7) is 0. The van der Waals surface area contributed by atoms with Gasteiger partial charge in [0.1, 0.15) is 28.7 Å². The second-order valence-electron chi connectivity index (χ2n) is 4.38. The number of hydrogen-bond donors (Lipinski definition) is 0. The molecule has 0 atom stereocenters. The van der Waals surface area contributed by atoms with Crippen molar-refractivity contribution < 1.29 is 40.2 Å². The summed E-state index contributed by atoms with van der Waals surface area (Å²) >= 11 is 5.33. The van der Waals surface area contributed by atoms with Crippen molar-refractivity contribution in [1.82, 2.24) is 0 Å². The minimum atomic E-state index is -4.96. The molecule has 0 aliphatic heterocycles. The summed E-state index contributed by atoms with van der Waals surface area (Å²) in [4.78, 5) is 0. The van der Waals surface area contributed by atoms with Gasteiger partial charge in [-0.05, 0) is 36.4 Å². The van der Waals surface area contributed by atoms with Gasteiger partial charge in [0.15, 0.2) is 0 Å². The van der Waals surface area contributed by atoms with Gasteiger partial charge in [-0.2, -0.15) is 8.78 Å². The summed E-state index contributed by atoms with van der Waals surface area (Å²) in [7, 11) is 0. The van der Waals surface area contributed by atoms with E-state index >= 15 is 0 Å². The lowest BCUT2D eigenvalue weighted by atomic mass is 10.2. The lowest BCUT2D eigenvalue weighted by Crippen LogP contribution is -2.25. The number of rotatable bonds is 4. The first-order valence-electron chi connectivity index (χ1n) is 6.05. The van der Waals surface area contributed by atoms with Crippen molar-refractivity contribution >= 4 is 11.6 Å². The van der Waals surface area contributed by atoms with Crippen LogP contribution in [0.4, 0.5) is 30.7 Å². The van der Waals surface area contributed by atoms with Crippen LogP contribution in [-0.4, -0.2) is 6.36 Å². The second kappa shape index (κ2) is 6.39. The molecular weight excluding hydrogens is 369 g/mol. The van der Waals surface area contributed by atoms with Crippen LogP contribution in [0.15, 0.2) is 36.4 Å². The van der Waals surface area contributed by atoms with Crippen LogP contribution < -0.4 is 9.47 Å². The third kappa shape index (κ3) is 4.44. The van der Waals surface area contributed by atoms with Crippen LogP contribution >= 0.6 is 11.6 Å². The van der Waals surface area contributed by atoms with E-state index in [1.165, 1.54) is 0 Å². The first-order chi connectivity index (χ1) is 11.0. The molecule has 0 saturated carbocycles. The van der Waals surface area contributed by atoms with Gasteiger partial charge in [-0.15, -0.1) is 13.2 Å². The van der Waals surface area contributed by atoms with Crippen LogP contribution in [-0.2, 0) is 6.11 Å². The van der Waals surface area contributed by atoms with Crippen LogP contribution in [0.1, 0.15) is 5.56 Å². The summed E-state index contributed by atoms with van der Waals surface area (Å²) in [6, 6.07) is 3.79. The highest BCUT2D eigenvalue weighted by Gasteiger charge is 2.41. The standard InChI is InChI=1S/C14H6ClF7O2/c15-7-5-10(16)12(11(17)6-7)13(18,19)23-8-1-3-9(4-2-8)24-14(20,21)22/h1-6H. The Hall–Kier alpha value is -2.16. The Morgan fingerprint density at radius 1 is 0.750 bits per heavy atom. The molecule has 0 aliphatic rings. The smallest absolute Gasteiger partial charge is 0.429 e. The monoisotopic (exact) mass is 374 g/mol. The average molecular weight is 375 g/mol. The Balaban J connectivity index is 2.23. The number of hydrogen-bond acceptors (Lipinski definition) is 2. The topological polar surface area (TPSA) is 18.5 Å². The predicted octanol–water partition coefficient (Wildman–Crippen LogP) is 5.65. The van der Waals surface area contributed by atoms with Gasteiger partial charge in [0, 0.05) is 5.02 Å². The normalized spacial score (nSPS) is 12.2. The largest absolute Gasteiger partial charge is 0.573 e. The molecule has 10 heteroatoms. The van der Waals surface area contributed by atoms with E-state index in [2.05, 4.69) is 9.47 Å². The van der Waals surface area contributed by atoms with Gasteiger partial charge in [-0.3, -0.25) is 0 Å². The van der Waals surface area contributed by atoms with E-state index < -0.39 is 46.2 Å². The fourth-order valence-corrected chi connectivity index (χ4v) is 1.92. The maximum Gasteiger partial charge on any atom is 0.573 e. The van der Waals surface area contributed by atoms with Crippen molar-refractivity contribution in [2.75, 3.05) is 0 Å². The quantitative estimate of drug-likeness (QED) is 0.644. The number of benzene rings is 2. The molecule has 0 bridgehead atoms. The maximum absolute atomic E-state index is 13.9. The third-order valence-electron chi connectivity index (χ3n) is 2.60. The van der Waals surface area contributed by atoms with Crippen LogP contribution in [0.25, 0.3) is 0 Å². The van der Waals surface area contributed by atoms with Crippen molar-refractivity contribution in [2.45, 2.75) is 12.5 Å². The fraction of sp³-hybridized carbons (Fsp3) is 0.143. The average Bonchev–Trinajstić information content (AvgIpc) is 2.37. The molecule has 130 valence electrons. The Labute approximate surface area is 135 Å². The molecule has 24 heavy (non-hydrogen) atoms. The van der Waals surface area contributed by atoms with Gasteiger partial charge in [0.2, 0.25) is 0 Å². The lowest BCUT2D eigenvalue weighted by molar-refractivity contribution is -0.274. The Morgan fingerprint density at radius 2 is 1.17 bits per heavy atom. The van der Waals surface area contributed by atoms with Gasteiger partial charge < -0.3 is 9.47 Å². The predicted molar refractivity (Wildman–Crippen MR) is 69.0 cm³/mol. The summed E-state index contributed by atoms with van der Waals surface area (Å²) in [6.07, 6.45) is -9.38. The summed E-state index contributed by atoms with van der Waals surface area (Å²) in [5.41, 5.74) is -1.68. The minimum Gasteiger partial charge on any atom is -0.429 e. The lowest BCUT2D eigenvalue weighted by Gasteiger charge is -2.19. The van der Waals surface area contributed by atoms with Gasteiger partial charge in [0.05, 0.1) is 0 Å². The van der Waals surface area contributed by atoms with E-state index in [4.69, 9.17) is 11.6 Å². The molecule has 2 rings (SSSR count). The molecule has 0 N–H and O–H groups in total. The highest BCUT2D eigenvalue weighted by Crippen LogP contribution is 2.36. The van der Waals surface area contributed by atoms with Crippen molar-refractivity contribution in [1.29, 1.82) is 0 Å². The highest BCUT2D eigenvalue weighted by molar-refractivity contribution is 6.30. The zero-order valence-electron chi connectivity index (χ0n) is 11.3. The van der Waals surface area contributed by atoms with Crippen molar-refractivity contribution in [3.8, 4) is 11.5 Å². The molecular formula is C14H6ClF7O2. The molecule has 2 aromatic rings. The highest BCUT2D eigenvalue weighted by atomic mass is 35.5. The molecule has 2 nitrogen and oxygen atoms in total. The Kier molecular flexibility index (Phi) is 4.84. The number of ether oxygens (including phenoxy) is 2. The molecule has 0 fully saturated rings. The fourth-order valence-electron chi connectivity index (χ4n) is 1.73. The van der Waals surface area contributed by atoms with Gasteiger partial charge >= 0.3 is 12.5 Å². The molecule has 2 aromatic carbocycles. The van der Waals surface area contributed by atoms with E-state index in [-0.39, 0.29) is 0 Å². The van der Waals surface area contributed by atoms with Crippen LogP contribution in [0.2, 0.25) is 5.02 Å². The van der Waals surface area contributed by atoms with E-state index in [1.807, 2.05) is 0 Å². The second-order valence-corrected chi connectivity index (χ2v) is 4.82. The number of halogens is 8. The zero-order chi connectivity index (χ0) is 18.1. The maximum atomic E-state index is 13.9. The van der Waals surface area contributed by atoms with E-state index in [1.54, 1.807) is 0 Å². The summed E-state index contributed by atoms with van der Waals surface area (Å²) in [5.74, 6) is -4.59. The number of alkyl halides is 5. The Bertz CT molecular complexity index is 706. The van der Waals surface area contributed by atoms with Crippen LogP contribution in [0, 0.1) is 11.6 Å². The van der Waals surface area contributed by atoms with Crippen LogP contribution in [0.5, 0.6) is 11.5 Å². The molecule has 0 amide bonds. The Morgan fingerprint density at radius 3 is 1.58 bits per heavy atom. The van der Waals surface area contributed by atoms with Crippen molar-refractivity contribution in [3.05, 3.63) is 58.6 Å². The zero-order valence-corrected chi connectivity index (χ0v) is 12.1. The molecule has 0 unspecified atom stereocenters. The van der Waals surface area contributed by atoms with Gasteiger partial charge in [-0.1, -0.05) is 11.6 Å². The molecule has 0 heterocycles. The molecule has 0 spiro atoms. The molecule has 0 radical (unpaired) electrons. The van der Waals surface area contributed by atoms with E-state index in [0.717, 1.165) is 12.1 Å². The molecule has 0 aliphatic carbocycles. The van der Waals surface area contributed by atoms with Gasteiger partial charge in [0.25, 0.3) is 0 Å². The minimum absolute atomic E-state index is 0.432. The van der Waals surface area contributed by atoms with E-state index in [9.17, 15) is 30.7 Å². The summed E-state index contributed by atoms with van der Waals surface area (Å²) < 4.78 is 98.6. The molecule has 0 aromatic heterocycles. The van der Waals surface area contributed by atoms with Crippen molar-refractivity contribution in [2.24, 2.45) is 0 Å². The molecule has 0 saturated heterocycles. The van der Waals surface area contributed by atoms with E-state index in [0.29, 0.717) is 24.3 Å². The first kappa shape index (κ1) is 18.2.